The van der Waals surface area contributed by atoms with Gasteiger partial charge in [-0.25, -0.2) is 5.01 Å². The molecule has 0 radical (unpaired) electrons. The second kappa shape index (κ2) is 5.51. The number of halogens is 1. The molecule has 126 valence electrons. The SMILES string of the molecule is O=C1N[C@@]2(CS1)Oc1ccc(Br)cc1[C@H]1CC(c3ccccc3)=NN12. The number of thioether (sulfide) groups is 1. The minimum absolute atomic E-state index is 0.0375. The molecule has 0 unspecified atom stereocenters. The van der Waals surface area contributed by atoms with Crippen molar-refractivity contribution in [1.82, 2.24) is 10.3 Å². The maximum atomic E-state index is 11.9. The number of carbonyl (C=O) groups is 1. The third-order valence-electron chi connectivity index (χ3n) is 4.69. The van der Waals surface area contributed by atoms with Crippen molar-refractivity contribution < 1.29 is 9.53 Å². The fraction of sp³-hybridized carbons (Fsp3) is 0.222. The van der Waals surface area contributed by atoms with Gasteiger partial charge in [0.25, 0.3) is 11.1 Å². The van der Waals surface area contributed by atoms with Gasteiger partial charge in [0.2, 0.25) is 0 Å². The minimum atomic E-state index is -0.913. The molecule has 3 aliphatic heterocycles. The normalized spacial score (nSPS) is 26.8. The topological polar surface area (TPSA) is 53.9 Å². The lowest BCUT2D eigenvalue weighted by atomic mass is 9.96. The van der Waals surface area contributed by atoms with Gasteiger partial charge in [0.15, 0.2) is 0 Å². The van der Waals surface area contributed by atoms with Crippen LogP contribution in [0.2, 0.25) is 0 Å². The van der Waals surface area contributed by atoms with Crippen molar-refractivity contribution in [3.8, 4) is 5.75 Å². The number of benzene rings is 2. The Balaban J connectivity index is 1.63. The highest BCUT2D eigenvalue weighted by molar-refractivity contribution is 9.10. The smallest absolute Gasteiger partial charge is 0.289 e. The standard InChI is InChI=1S/C18H14BrN3O2S/c19-12-6-7-16-13(8-12)15-9-14(11-4-2-1-3-5-11)21-22(15)18(24-16)10-25-17(23)20-18/h1-8,15H,9-10H2,(H,20,23)/t15-,18-/m1/s1. The van der Waals surface area contributed by atoms with E-state index >= 15 is 0 Å². The second-order valence-electron chi connectivity index (χ2n) is 6.25. The first-order valence-electron chi connectivity index (χ1n) is 8.00. The summed E-state index contributed by atoms with van der Waals surface area (Å²) < 4.78 is 7.25. The van der Waals surface area contributed by atoms with E-state index in [-0.39, 0.29) is 11.3 Å². The highest BCUT2D eigenvalue weighted by atomic mass is 79.9. The van der Waals surface area contributed by atoms with Crippen molar-refractivity contribution >= 4 is 38.6 Å². The van der Waals surface area contributed by atoms with Gasteiger partial charge >= 0.3 is 0 Å². The van der Waals surface area contributed by atoms with E-state index in [4.69, 9.17) is 9.84 Å². The third-order valence-corrected chi connectivity index (χ3v) is 6.09. The zero-order valence-electron chi connectivity index (χ0n) is 13.1. The molecule has 5 nitrogen and oxygen atoms in total. The quantitative estimate of drug-likeness (QED) is 0.761. The van der Waals surface area contributed by atoms with Crippen molar-refractivity contribution in [3.63, 3.8) is 0 Å². The van der Waals surface area contributed by atoms with Crippen molar-refractivity contribution in [2.24, 2.45) is 5.10 Å². The number of fused-ring (bicyclic) bond motifs is 4. The fourth-order valence-corrected chi connectivity index (χ4v) is 4.77. The number of carbonyl (C=O) groups excluding carboxylic acids is 1. The molecule has 1 saturated heterocycles. The molecule has 7 heteroatoms. The van der Waals surface area contributed by atoms with Crippen LogP contribution in [-0.2, 0) is 0 Å². The van der Waals surface area contributed by atoms with Gasteiger partial charge in [0.1, 0.15) is 5.75 Å². The molecule has 2 aromatic rings. The Bertz CT molecular complexity index is 904. The Kier molecular flexibility index (Phi) is 3.36. The fourth-order valence-electron chi connectivity index (χ4n) is 3.57. The number of nitrogens with one attached hydrogen (secondary N) is 1. The summed E-state index contributed by atoms with van der Waals surface area (Å²) in [6.07, 6.45) is 0.777. The van der Waals surface area contributed by atoms with E-state index in [9.17, 15) is 4.79 Å². The lowest BCUT2D eigenvalue weighted by Gasteiger charge is -2.44. The summed E-state index contributed by atoms with van der Waals surface area (Å²) in [5.74, 6) is 0.393. The van der Waals surface area contributed by atoms with Crippen LogP contribution >= 0.6 is 27.7 Å². The van der Waals surface area contributed by atoms with Crippen LogP contribution in [0, 0.1) is 0 Å². The lowest BCUT2D eigenvalue weighted by Crippen LogP contribution is -2.62. The average Bonchev–Trinajstić information content (AvgIpc) is 3.22. The van der Waals surface area contributed by atoms with Crippen LogP contribution in [-0.4, -0.2) is 27.6 Å². The Hall–Kier alpha value is -1.99. The maximum absolute atomic E-state index is 11.9. The number of rotatable bonds is 1. The molecule has 1 N–H and O–H groups in total. The molecule has 5 rings (SSSR count). The van der Waals surface area contributed by atoms with Crippen LogP contribution in [0.15, 0.2) is 58.1 Å². The van der Waals surface area contributed by atoms with Gasteiger partial charge in [-0.3, -0.25) is 10.1 Å². The molecule has 0 aliphatic carbocycles. The van der Waals surface area contributed by atoms with Crippen LogP contribution in [0.1, 0.15) is 23.6 Å². The van der Waals surface area contributed by atoms with Crippen LogP contribution in [0.4, 0.5) is 4.79 Å². The zero-order chi connectivity index (χ0) is 17.0. The number of hydrazone groups is 1. The van der Waals surface area contributed by atoms with Gasteiger partial charge in [-0.2, -0.15) is 5.10 Å². The van der Waals surface area contributed by atoms with Gasteiger partial charge in [0.05, 0.1) is 17.5 Å². The Morgan fingerprint density at radius 1 is 1.28 bits per heavy atom. The van der Waals surface area contributed by atoms with Gasteiger partial charge in [0, 0.05) is 16.5 Å². The summed E-state index contributed by atoms with van der Waals surface area (Å²) >= 11 is 4.78. The monoisotopic (exact) mass is 415 g/mol. The molecular weight excluding hydrogens is 402 g/mol. The van der Waals surface area contributed by atoms with Gasteiger partial charge in [-0.15, -0.1) is 0 Å². The van der Waals surface area contributed by atoms with E-state index in [1.807, 2.05) is 35.3 Å². The Labute approximate surface area is 157 Å². The predicted octanol–water partition coefficient (Wildman–Crippen LogP) is 4.10. The predicted molar refractivity (Wildman–Crippen MR) is 101 cm³/mol. The highest BCUT2D eigenvalue weighted by Gasteiger charge is 2.55. The van der Waals surface area contributed by atoms with Crippen molar-refractivity contribution in [3.05, 3.63) is 64.1 Å². The summed E-state index contributed by atoms with van der Waals surface area (Å²) in [4.78, 5) is 11.9. The van der Waals surface area contributed by atoms with E-state index in [0.717, 1.165) is 33.5 Å². The second-order valence-corrected chi connectivity index (χ2v) is 8.11. The lowest BCUT2D eigenvalue weighted by molar-refractivity contribution is -0.111. The molecule has 25 heavy (non-hydrogen) atoms. The third kappa shape index (κ3) is 2.37. The first-order valence-corrected chi connectivity index (χ1v) is 9.78. The molecule has 0 saturated carbocycles. The summed E-state index contributed by atoms with van der Waals surface area (Å²) in [7, 11) is 0. The number of ether oxygens (including phenoxy) is 1. The van der Waals surface area contributed by atoms with Crippen molar-refractivity contribution in [1.29, 1.82) is 0 Å². The number of nitrogens with zero attached hydrogens (tertiary/aromatic N) is 2. The van der Waals surface area contributed by atoms with Crippen LogP contribution < -0.4 is 10.1 Å². The largest absolute Gasteiger partial charge is 0.447 e. The first kappa shape index (κ1) is 15.3. The molecule has 3 aliphatic rings. The van der Waals surface area contributed by atoms with E-state index in [1.54, 1.807) is 0 Å². The number of hydrogen-bond donors (Lipinski definition) is 1. The summed E-state index contributed by atoms with van der Waals surface area (Å²) in [6.45, 7) is 0. The van der Waals surface area contributed by atoms with Crippen LogP contribution in [0.3, 0.4) is 0 Å². The van der Waals surface area contributed by atoms with Gasteiger partial charge < -0.3 is 4.74 Å². The average molecular weight is 416 g/mol. The Morgan fingerprint density at radius 2 is 2.12 bits per heavy atom. The Morgan fingerprint density at radius 3 is 2.88 bits per heavy atom. The van der Waals surface area contributed by atoms with E-state index in [2.05, 4.69) is 39.4 Å². The minimum Gasteiger partial charge on any atom is -0.447 e. The molecule has 1 fully saturated rings. The molecule has 1 amide bonds. The molecule has 1 spiro atoms. The van der Waals surface area contributed by atoms with E-state index in [1.165, 1.54) is 11.8 Å². The van der Waals surface area contributed by atoms with Gasteiger partial charge in [-0.1, -0.05) is 58.0 Å². The summed E-state index contributed by atoms with van der Waals surface area (Å²) in [5, 5.41) is 9.69. The zero-order valence-corrected chi connectivity index (χ0v) is 15.5. The number of hydrogen-bond acceptors (Lipinski definition) is 5. The highest BCUT2D eigenvalue weighted by Crippen LogP contribution is 2.48. The van der Waals surface area contributed by atoms with Crippen LogP contribution in [0.25, 0.3) is 0 Å². The summed E-state index contributed by atoms with van der Waals surface area (Å²) in [5.41, 5.74) is 3.19. The molecule has 2 atom stereocenters. The van der Waals surface area contributed by atoms with Crippen LogP contribution in [0.5, 0.6) is 5.75 Å². The molecular formula is C18H14BrN3O2S. The van der Waals surface area contributed by atoms with Crippen molar-refractivity contribution in [2.75, 3.05) is 5.75 Å². The molecule has 3 heterocycles. The number of amides is 1. The van der Waals surface area contributed by atoms with E-state index < -0.39 is 5.85 Å². The maximum Gasteiger partial charge on any atom is 0.289 e. The first-order chi connectivity index (χ1) is 12.1. The van der Waals surface area contributed by atoms with Gasteiger partial charge in [-0.05, 0) is 23.8 Å². The van der Waals surface area contributed by atoms with Crippen molar-refractivity contribution in [2.45, 2.75) is 18.3 Å². The molecule has 0 aromatic heterocycles. The summed E-state index contributed by atoms with van der Waals surface area (Å²) in [6, 6.07) is 16.2. The molecule has 2 aromatic carbocycles. The van der Waals surface area contributed by atoms with E-state index in [0.29, 0.717) is 5.75 Å². The molecule has 0 bridgehead atoms.